The lowest BCUT2D eigenvalue weighted by molar-refractivity contribution is -0.116. The number of hydrogen-bond donors (Lipinski definition) is 2. The van der Waals surface area contributed by atoms with E-state index in [9.17, 15) is 9.90 Å². The maximum Gasteiger partial charge on any atom is 0.246 e. The molecule has 0 saturated carbocycles. The summed E-state index contributed by atoms with van der Waals surface area (Å²) < 4.78 is 2.45. The van der Waals surface area contributed by atoms with Crippen LogP contribution in [0.3, 0.4) is 0 Å². The lowest BCUT2D eigenvalue weighted by Gasteiger charge is -2.11. The van der Waals surface area contributed by atoms with Crippen LogP contribution in [0.1, 0.15) is 19.5 Å². The minimum absolute atomic E-state index is 0.0502. The van der Waals surface area contributed by atoms with E-state index in [0.29, 0.717) is 5.69 Å². The number of nitrogens with zero attached hydrogens (tertiary/aromatic N) is 3. The predicted octanol–water partition coefficient (Wildman–Crippen LogP) is 1.75. The van der Waals surface area contributed by atoms with E-state index in [4.69, 9.17) is 0 Å². The molecule has 0 spiro atoms. The third-order valence-electron chi connectivity index (χ3n) is 2.58. The van der Waals surface area contributed by atoms with Gasteiger partial charge in [0.1, 0.15) is 17.8 Å². The summed E-state index contributed by atoms with van der Waals surface area (Å²) in [4.78, 5) is 11.9. The number of carbonyl (C=O) groups is 1. The Morgan fingerprint density at radius 3 is 2.85 bits per heavy atom. The van der Waals surface area contributed by atoms with Crippen LogP contribution in [0.15, 0.2) is 30.5 Å². The standard InChI is InChI=1S/C13H15IN4O2/c1-13(2,20)11-7-18(17-16-11)8-12(19)15-10-5-3-4-9(14)6-10/h3-7,20H,8H2,1-2H3,(H,15,19). The van der Waals surface area contributed by atoms with E-state index in [0.717, 1.165) is 9.26 Å². The second kappa shape index (κ2) is 5.88. The Morgan fingerprint density at radius 1 is 1.50 bits per heavy atom. The average Bonchev–Trinajstić information content (AvgIpc) is 2.76. The van der Waals surface area contributed by atoms with E-state index in [1.54, 1.807) is 20.0 Å². The Kier molecular flexibility index (Phi) is 4.39. The van der Waals surface area contributed by atoms with Gasteiger partial charge in [-0.3, -0.25) is 4.79 Å². The van der Waals surface area contributed by atoms with Gasteiger partial charge in [-0.15, -0.1) is 5.10 Å². The van der Waals surface area contributed by atoms with E-state index >= 15 is 0 Å². The van der Waals surface area contributed by atoms with Crippen LogP contribution in [0.25, 0.3) is 0 Å². The Balaban J connectivity index is 2.00. The fourth-order valence-electron chi connectivity index (χ4n) is 1.57. The van der Waals surface area contributed by atoms with Gasteiger partial charge in [0.2, 0.25) is 5.91 Å². The Morgan fingerprint density at radius 2 is 2.25 bits per heavy atom. The highest BCUT2D eigenvalue weighted by Gasteiger charge is 2.20. The molecule has 20 heavy (non-hydrogen) atoms. The molecule has 2 rings (SSSR count). The van der Waals surface area contributed by atoms with Crippen molar-refractivity contribution in [1.82, 2.24) is 15.0 Å². The van der Waals surface area contributed by atoms with Gasteiger partial charge in [-0.25, -0.2) is 4.68 Å². The molecule has 0 fully saturated rings. The predicted molar refractivity (Wildman–Crippen MR) is 83.1 cm³/mol. The average molecular weight is 386 g/mol. The van der Waals surface area contributed by atoms with Crippen molar-refractivity contribution in [2.75, 3.05) is 5.32 Å². The van der Waals surface area contributed by atoms with Gasteiger partial charge in [0, 0.05) is 9.26 Å². The molecule has 0 unspecified atom stereocenters. The zero-order valence-corrected chi connectivity index (χ0v) is 13.3. The summed E-state index contributed by atoms with van der Waals surface area (Å²) >= 11 is 2.18. The van der Waals surface area contributed by atoms with Crippen molar-refractivity contribution < 1.29 is 9.90 Å². The van der Waals surface area contributed by atoms with Gasteiger partial charge in [-0.2, -0.15) is 0 Å². The molecule has 0 radical (unpaired) electrons. The Bertz CT molecular complexity index is 619. The van der Waals surface area contributed by atoms with Crippen molar-refractivity contribution in [2.24, 2.45) is 0 Å². The highest BCUT2D eigenvalue weighted by molar-refractivity contribution is 14.1. The zero-order valence-electron chi connectivity index (χ0n) is 11.2. The van der Waals surface area contributed by atoms with E-state index in [2.05, 4.69) is 38.2 Å². The number of nitrogens with one attached hydrogen (secondary N) is 1. The fourth-order valence-corrected chi connectivity index (χ4v) is 2.11. The van der Waals surface area contributed by atoms with Gasteiger partial charge in [-0.05, 0) is 54.6 Å². The van der Waals surface area contributed by atoms with Gasteiger partial charge < -0.3 is 10.4 Å². The van der Waals surface area contributed by atoms with E-state index in [1.165, 1.54) is 4.68 Å². The molecule has 1 aromatic carbocycles. The second-order valence-corrected chi connectivity index (χ2v) is 6.16. The summed E-state index contributed by atoms with van der Waals surface area (Å²) in [6.07, 6.45) is 1.56. The largest absolute Gasteiger partial charge is 0.384 e. The summed E-state index contributed by atoms with van der Waals surface area (Å²) in [6.45, 7) is 3.29. The minimum atomic E-state index is -1.07. The lowest BCUT2D eigenvalue weighted by atomic mass is 10.1. The first-order chi connectivity index (χ1) is 9.34. The molecule has 1 heterocycles. The van der Waals surface area contributed by atoms with E-state index < -0.39 is 5.60 Å². The number of benzene rings is 1. The second-order valence-electron chi connectivity index (χ2n) is 4.92. The lowest BCUT2D eigenvalue weighted by Crippen LogP contribution is -2.19. The first-order valence-electron chi connectivity index (χ1n) is 6.03. The normalized spacial score (nSPS) is 11.4. The molecule has 7 heteroatoms. The number of aliphatic hydroxyl groups is 1. The first kappa shape index (κ1) is 14.9. The van der Waals surface area contributed by atoms with Crippen LogP contribution in [0.4, 0.5) is 5.69 Å². The van der Waals surface area contributed by atoms with Crippen LogP contribution in [0, 0.1) is 3.57 Å². The van der Waals surface area contributed by atoms with Crippen LogP contribution < -0.4 is 5.32 Å². The summed E-state index contributed by atoms with van der Waals surface area (Å²) in [5.74, 6) is -0.195. The van der Waals surface area contributed by atoms with Gasteiger partial charge in [-0.1, -0.05) is 11.3 Å². The maximum absolute atomic E-state index is 11.9. The molecule has 2 aromatic rings. The fraction of sp³-hybridized carbons (Fsp3) is 0.308. The summed E-state index contributed by atoms with van der Waals surface area (Å²) in [5.41, 5.74) is 0.105. The molecule has 0 saturated heterocycles. The highest BCUT2D eigenvalue weighted by atomic mass is 127. The van der Waals surface area contributed by atoms with Crippen molar-refractivity contribution in [3.63, 3.8) is 0 Å². The van der Waals surface area contributed by atoms with E-state index in [-0.39, 0.29) is 12.5 Å². The highest BCUT2D eigenvalue weighted by Crippen LogP contribution is 2.16. The SMILES string of the molecule is CC(C)(O)c1cn(CC(=O)Nc2cccc(I)c2)nn1. The van der Waals surface area contributed by atoms with Gasteiger partial charge >= 0.3 is 0 Å². The van der Waals surface area contributed by atoms with Crippen LogP contribution in [0.2, 0.25) is 0 Å². The molecule has 0 bridgehead atoms. The quantitative estimate of drug-likeness (QED) is 0.785. The third-order valence-corrected chi connectivity index (χ3v) is 3.25. The van der Waals surface area contributed by atoms with Crippen molar-refractivity contribution >= 4 is 34.2 Å². The minimum Gasteiger partial charge on any atom is -0.384 e. The van der Waals surface area contributed by atoms with Crippen LogP contribution >= 0.6 is 22.6 Å². The van der Waals surface area contributed by atoms with Crippen molar-refractivity contribution in [2.45, 2.75) is 26.0 Å². The van der Waals surface area contributed by atoms with Crippen molar-refractivity contribution in [3.05, 3.63) is 39.7 Å². The van der Waals surface area contributed by atoms with Crippen LogP contribution in [-0.4, -0.2) is 26.0 Å². The summed E-state index contributed by atoms with van der Waals surface area (Å²) in [5, 5.41) is 20.2. The zero-order chi connectivity index (χ0) is 14.8. The Hall–Kier alpha value is -1.48. The summed E-state index contributed by atoms with van der Waals surface area (Å²) in [7, 11) is 0. The van der Waals surface area contributed by atoms with Gasteiger partial charge in [0.15, 0.2) is 0 Å². The summed E-state index contributed by atoms with van der Waals surface area (Å²) in [6, 6.07) is 7.52. The molecular weight excluding hydrogens is 371 g/mol. The van der Waals surface area contributed by atoms with Crippen LogP contribution in [0.5, 0.6) is 0 Å². The topological polar surface area (TPSA) is 80.0 Å². The number of carbonyl (C=O) groups excluding carboxylic acids is 1. The molecule has 0 aliphatic rings. The number of rotatable bonds is 4. The molecule has 1 amide bonds. The molecule has 0 aliphatic carbocycles. The number of aromatic nitrogens is 3. The molecule has 0 atom stereocenters. The Labute approximate surface area is 130 Å². The smallest absolute Gasteiger partial charge is 0.246 e. The molecule has 106 valence electrons. The number of anilines is 1. The number of amides is 1. The molecule has 6 nitrogen and oxygen atoms in total. The monoisotopic (exact) mass is 386 g/mol. The van der Waals surface area contributed by atoms with E-state index in [1.807, 2.05) is 24.3 Å². The van der Waals surface area contributed by atoms with Gasteiger partial charge in [0.25, 0.3) is 0 Å². The molecular formula is C13H15IN4O2. The van der Waals surface area contributed by atoms with Crippen LogP contribution in [-0.2, 0) is 16.9 Å². The first-order valence-corrected chi connectivity index (χ1v) is 7.11. The number of hydrogen-bond acceptors (Lipinski definition) is 4. The molecule has 1 aromatic heterocycles. The van der Waals surface area contributed by atoms with Gasteiger partial charge in [0.05, 0.1) is 6.20 Å². The third kappa shape index (κ3) is 4.01. The van der Waals surface area contributed by atoms with Crippen molar-refractivity contribution in [3.8, 4) is 0 Å². The molecule has 0 aliphatic heterocycles. The van der Waals surface area contributed by atoms with Crippen molar-refractivity contribution in [1.29, 1.82) is 0 Å². The number of halogens is 1. The molecule has 2 N–H and O–H groups in total. The maximum atomic E-state index is 11.9.